The number of hydrogen-bond acceptors (Lipinski definition) is 1. The summed E-state index contributed by atoms with van der Waals surface area (Å²) in [5.41, 5.74) is 8.20. The Morgan fingerprint density at radius 3 is 2.44 bits per heavy atom. The molecule has 1 aromatic carbocycles. The predicted octanol–water partition coefficient (Wildman–Crippen LogP) is 3.63. The molecule has 1 aliphatic carbocycles. The maximum Gasteiger partial charge on any atom is 0.0136 e. The van der Waals surface area contributed by atoms with Crippen molar-refractivity contribution >= 4 is 0 Å². The van der Waals surface area contributed by atoms with Crippen LogP contribution in [0.3, 0.4) is 0 Å². The topological polar surface area (TPSA) is 26.0 Å². The minimum absolute atomic E-state index is 0.302. The number of unbranched alkanes of at least 4 members (excludes halogenated alkanes) is 1. The first kappa shape index (κ1) is 11.7. The molecule has 16 heavy (non-hydrogen) atoms. The van der Waals surface area contributed by atoms with Gasteiger partial charge in [-0.1, -0.05) is 56.5 Å². The van der Waals surface area contributed by atoms with Crippen LogP contribution in [-0.4, -0.2) is 6.04 Å². The Morgan fingerprint density at radius 2 is 1.94 bits per heavy atom. The Morgan fingerprint density at radius 1 is 1.25 bits per heavy atom. The van der Waals surface area contributed by atoms with Crippen LogP contribution in [0.4, 0.5) is 0 Å². The normalized spacial score (nSPS) is 20.1. The van der Waals surface area contributed by atoms with Gasteiger partial charge < -0.3 is 5.73 Å². The molecule has 1 atom stereocenters. The van der Waals surface area contributed by atoms with Crippen molar-refractivity contribution in [2.75, 3.05) is 0 Å². The molecular weight excluding hydrogens is 194 g/mol. The third-order valence-corrected chi connectivity index (χ3v) is 4.17. The van der Waals surface area contributed by atoms with Crippen molar-refractivity contribution in [2.45, 2.75) is 56.9 Å². The van der Waals surface area contributed by atoms with E-state index in [1.165, 1.54) is 44.1 Å². The smallest absolute Gasteiger partial charge is 0.0136 e. The van der Waals surface area contributed by atoms with E-state index in [9.17, 15) is 0 Å². The molecule has 0 aliphatic heterocycles. The predicted molar refractivity (Wildman–Crippen MR) is 69.5 cm³/mol. The number of benzene rings is 1. The van der Waals surface area contributed by atoms with Crippen LogP contribution >= 0.6 is 0 Å². The van der Waals surface area contributed by atoms with Crippen molar-refractivity contribution < 1.29 is 0 Å². The van der Waals surface area contributed by atoms with Crippen molar-refractivity contribution in [3.63, 3.8) is 0 Å². The summed E-state index contributed by atoms with van der Waals surface area (Å²) in [5, 5.41) is 0. The van der Waals surface area contributed by atoms with Crippen LogP contribution in [0.2, 0.25) is 0 Å². The van der Waals surface area contributed by atoms with E-state index in [0.717, 1.165) is 0 Å². The molecular formula is C15H23N. The number of rotatable bonds is 5. The van der Waals surface area contributed by atoms with Crippen LogP contribution in [0.1, 0.15) is 51.0 Å². The van der Waals surface area contributed by atoms with Gasteiger partial charge in [0.2, 0.25) is 0 Å². The first-order valence-corrected chi connectivity index (χ1v) is 6.61. The first-order chi connectivity index (χ1) is 7.79. The van der Waals surface area contributed by atoms with Gasteiger partial charge in [0, 0.05) is 11.5 Å². The van der Waals surface area contributed by atoms with E-state index >= 15 is 0 Å². The van der Waals surface area contributed by atoms with Crippen molar-refractivity contribution in [1.82, 2.24) is 0 Å². The van der Waals surface area contributed by atoms with Gasteiger partial charge in [-0.3, -0.25) is 0 Å². The fourth-order valence-corrected chi connectivity index (χ4v) is 2.90. The van der Waals surface area contributed by atoms with Gasteiger partial charge in [0.1, 0.15) is 0 Å². The average Bonchev–Trinajstić information content (AvgIpc) is 2.26. The molecule has 2 N–H and O–H groups in total. The number of hydrogen-bond donors (Lipinski definition) is 1. The van der Waals surface area contributed by atoms with Crippen molar-refractivity contribution in [1.29, 1.82) is 0 Å². The van der Waals surface area contributed by atoms with Crippen molar-refractivity contribution in [2.24, 2.45) is 5.73 Å². The Hall–Kier alpha value is -0.820. The summed E-state index contributed by atoms with van der Waals surface area (Å²) in [7, 11) is 0. The van der Waals surface area contributed by atoms with E-state index in [-0.39, 0.29) is 0 Å². The Balaban J connectivity index is 2.13. The summed E-state index contributed by atoms with van der Waals surface area (Å²) in [6.07, 6.45) is 7.58. The standard InChI is InChI=1S/C15H23N/c1-2-3-10-14(16)15(11-7-12-15)13-8-5-4-6-9-13/h4-6,8-9,14H,2-3,7,10-12,16H2,1H3. The molecule has 0 spiro atoms. The van der Waals surface area contributed by atoms with E-state index in [0.29, 0.717) is 11.5 Å². The fourth-order valence-electron chi connectivity index (χ4n) is 2.90. The van der Waals surface area contributed by atoms with Crippen molar-refractivity contribution in [3.05, 3.63) is 35.9 Å². The Labute approximate surface area is 99.0 Å². The maximum atomic E-state index is 6.43. The van der Waals surface area contributed by atoms with Gasteiger partial charge in [-0.25, -0.2) is 0 Å². The summed E-state index contributed by atoms with van der Waals surface area (Å²) in [5.74, 6) is 0. The van der Waals surface area contributed by atoms with E-state index in [1.807, 2.05) is 0 Å². The highest BCUT2D eigenvalue weighted by atomic mass is 14.7. The highest BCUT2D eigenvalue weighted by Crippen LogP contribution is 2.46. The molecule has 0 bridgehead atoms. The van der Waals surface area contributed by atoms with Crippen LogP contribution in [0.25, 0.3) is 0 Å². The lowest BCUT2D eigenvalue weighted by Crippen LogP contribution is -2.50. The third kappa shape index (κ3) is 2.01. The Bertz CT molecular complexity index is 313. The van der Waals surface area contributed by atoms with E-state index < -0.39 is 0 Å². The zero-order valence-corrected chi connectivity index (χ0v) is 10.3. The van der Waals surface area contributed by atoms with E-state index in [4.69, 9.17) is 5.73 Å². The van der Waals surface area contributed by atoms with Crippen LogP contribution in [0.5, 0.6) is 0 Å². The van der Waals surface area contributed by atoms with Crippen LogP contribution < -0.4 is 5.73 Å². The summed E-state index contributed by atoms with van der Waals surface area (Å²) in [4.78, 5) is 0. The SMILES string of the molecule is CCCCC(N)C1(c2ccccc2)CCC1. The molecule has 0 aromatic heterocycles. The summed E-state index contributed by atoms with van der Waals surface area (Å²) in [6.45, 7) is 2.24. The highest BCUT2D eigenvalue weighted by molar-refractivity contribution is 5.30. The molecule has 0 amide bonds. The molecule has 1 saturated carbocycles. The molecule has 1 heteroatoms. The lowest BCUT2D eigenvalue weighted by molar-refractivity contribution is 0.186. The molecule has 88 valence electrons. The molecule has 1 aromatic rings. The second kappa shape index (κ2) is 5.01. The quantitative estimate of drug-likeness (QED) is 0.801. The van der Waals surface area contributed by atoms with Crippen molar-refractivity contribution in [3.8, 4) is 0 Å². The van der Waals surface area contributed by atoms with E-state index in [1.54, 1.807) is 0 Å². The zero-order chi connectivity index (χ0) is 11.4. The molecule has 1 nitrogen and oxygen atoms in total. The molecule has 0 radical (unpaired) electrons. The highest BCUT2D eigenvalue weighted by Gasteiger charge is 2.43. The summed E-state index contributed by atoms with van der Waals surface area (Å²) in [6, 6.07) is 11.2. The molecule has 0 heterocycles. The monoisotopic (exact) mass is 217 g/mol. The van der Waals surface area contributed by atoms with E-state index in [2.05, 4.69) is 37.3 Å². The van der Waals surface area contributed by atoms with Crippen LogP contribution in [-0.2, 0) is 5.41 Å². The number of nitrogens with two attached hydrogens (primary N) is 1. The Kier molecular flexibility index (Phi) is 3.65. The van der Waals surface area contributed by atoms with Gasteiger partial charge in [0.25, 0.3) is 0 Å². The third-order valence-electron chi connectivity index (χ3n) is 4.17. The van der Waals surface area contributed by atoms with Gasteiger partial charge in [0.05, 0.1) is 0 Å². The minimum Gasteiger partial charge on any atom is -0.327 e. The van der Waals surface area contributed by atoms with Gasteiger partial charge in [0.15, 0.2) is 0 Å². The fraction of sp³-hybridized carbons (Fsp3) is 0.600. The molecule has 0 saturated heterocycles. The zero-order valence-electron chi connectivity index (χ0n) is 10.3. The van der Waals surface area contributed by atoms with Gasteiger partial charge >= 0.3 is 0 Å². The summed E-state index contributed by atoms with van der Waals surface area (Å²) >= 11 is 0. The summed E-state index contributed by atoms with van der Waals surface area (Å²) < 4.78 is 0. The minimum atomic E-state index is 0.302. The molecule has 1 fully saturated rings. The average molecular weight is 217 g/mol. The lowest BCUT2D eigenvalue weighted by atomic mass is 9.59. The van der Waals surface area contributed by atoms with Crippen LogP contribution in [0, 0.1) is 0 Å². The van der Waals surface area contributed by atoms with Gasteiger partial charge in [-0.2, -0.15) is 0 Å². The molecule has 1 unspecified atom stereocenters. The first-order valence-electron chi connectivity index (χ1n) is 6.61. The van der Waals surface area contributed by atoms with Crippen LogP contribution in [0.15, 0.2) is 30.3 Å². The molecule has 2 rings (SSSR count). The second-order valence-corrected chi connectivity index (χ2v) is 5.12. The van der Waals surface area contributed by atoms with Gasteiger partial charge in [-0.05, 0) is 24.8 Å². The maximum absolute atomic E-state index is 6.43. The largest absolute Gasteiger partial charge is 0.327 e. The lowest BCUT2D eigenvalue weighted by Gasteiger charge is -2.47. The second-order valence-electron chi connectivity index (χ2n) is 5.12. The van der Waals surface area contributed by atoms with Gasteiger partial charge in [-0.15, -0.1) is 0 Å². The molecule has 1 aliphatic rings.